The molecule has 2 atom stereocenters. The van der Waals surface area contributed by atoms with Crippen molar-refractivity contribution >= 4 is 11.8 Å². The molecule has 100 valence electrons. The monoisotopic (exact) mass is 267 g/mol. The second-order valence-corrected chi connectivity index (χ2v) is 6.50. The molecule has 1 saturated carbocycles. The molecule has 2 unspecified atom stereocenters. The third-order valence-corrected chi connectivity index (χ3v) is 5.02. The smallest absolute Gasteiger partial charge is 0.123 e. The second-order valence-electron chi connectivity index (χ2n) is 4.98. The van der Waals surface area contributed by atoms with Crippen molar-refractivity contribution in [1.29, 1.82) is 0 Å². The molecule has 18 heavy (non-hydrogen) atoms. The van der Waals surface area contributed by atoms with Crippen LogP contribution in [0.3, 0.4) is 0 Å². The lowest BCUT2D eigenvalue weighted by Crippen LogP contribution is -2.33. The van der Waals surface area contributed by atoms with Crippen molar-refractivity contribution in [2.24, 2.45) is 0 Å². The van der Waals surface area contributed by atoms with E-state index in [1.165, 1.54) is 30.6 Å². The normalized spacial score (nSPS) is 23.5. The summed E-state index contributed by atoms with van der Waals surface area (Å²) in [6.45, 7) is 5.06. The summed E-state index contributed by atoms with van der Waals surface area (Å²) in [7, 11) is 0. The Hall–Kier alpha value is -0.540. The van der Waals surface area contributed by atoms with E-state index in [4.69, 9.17) is 0 Å². The van der Waals surface area contributed by atoms with E-state index in [2.05, 4.69) is 24.0 Å². The number of aryl methyl sites for hydroxylation is 1. The van der Waals surface area contributed by atoms with Crippen LogP contribution in [0.4, 0.5) is 4.39 Å². The van der Waals surface area contributed by atoms with Gasteiger partial charge in [0, 0.05) is 17.8 Å². The largest absolute Gasteiger partial charge is 0.309 e. The third kappa shape index (κ3) is 3.48. The summed E-state index contributed by atoms with van der Waals surface area (Å²) in [6.07, 6.45) is 3.94. The molecule has 1 aromatic carbocycles. The van der Waals surface area contributed by atoms with Crippen molar-refractivity contribution in [1.82, 2.24) is 5.32 Å². The van der Waals surface area contributed by atoms with Crippen LogP contribution in [-0.2, 0) is 6.54 Å². The van der Waals surface area contributed by atoms with Gasteiger partial charge in [0.2, 0.25) is 0 Å². The van der Waals surface area contributed by atoms with Gasteiger partial charge in [-0.3, -0.25) is 0 Å². The van der Waals surface area contributed by atoms with Gasteiger partial charge in [0.1, 0.15) is 5.82 Å². The number of halogens is 1. The van der Waals surface area contributed by atoms with Gasteiger partial charge < -0.3 is 5.32 Å². The predicted octanol–water partition coefficient (Wildman–Crippen LogP) is 3.90. The summed E-state index contributed by atoms with van der Waals surface area (Å²) in [4.78, 5) is 0. The van der Waals surface area contributed by atoms with Gasteiger partial charge >= 0.3 is 0 Å². The van der Waals surface area contributed by atoms with Gasteiger partial charge in [-0.25, -0.2) is 4.39 Å². The Morgan fingerprint density at radius 1 is 1.39 bits per heavy atom. The van der Waals surface area contributed by atoms with E-state index in [0.717, 1.165) is 17.4 Å². The predicted molar refractivity (Wildman–Crippen MR) is 77.5 cm³/mol. The highest BCUT2D eigenvalue weighted by molar-refractivity contribution is 7.99. The molecule has 1 aliphatic rings. The van der Waals surface area contributed by atoms with E-state index >= 15 is 0 Å². The van der Waals surface area contributed by atoms with E-state index in [0.29, 0.717) is 6.04 Å². The summed E-state index contributed by atoms with van der Waals surface area (Å²) in [5.74, 6) is 1.05. The molecule has 0 saturated heterocycles. The summed E-state index contributed by atoms with van der Waals surface area (Å²) in [6, 6.07) is 5.69. The van der Waals surface area contributed by atoms with Gasteiger partial charge in [-0.2, -0.15) is 11.8 Å². The number of rotatable bonds is 5. The summed E-state index contributed by atoms with van der Waals surface area (Å²) < 4.78 is 13.0. The molecule has 3 heteroatoms. The van der Waals surface area contributed by atoms with E-state index in [1.54, 1.807) is 12.1 Å². The van der Waals surface area contributed by atoms with Crippen LogP contribution in [0.25, 0.3) is 0 Å². The fraction of sp³-hybridized carbons (Fsp3) is 0.600. The average molecular weight is 267 g/mol. The maximum atomic E-state index is 13.0. The number of thioether (sulfide) groups is 1. The highest BCUT2D eigenvalue weighted by Gasteiger charge is 2.26. The molecule has 0 aliphatic heterocycles. The molecule has 1 fully saturated rings. The van der Waals surface area contributed by atoms with Crippen molar-refractivity contribution in [3.8, 4) is 0 Å². The standard InChI is InChI=1S/C15H22FNS/c1-3-18-15-6-4-5-14(15)17-10-12-7-8-13(16)9-11(12)2/h7-9,14-15,17H,3-6,10H2,1-2H3. The van der Waals surface area contributed by atoms with E-state index in [1.807, 2.05) is 13.0 Å². The van der Waals surface area contributed by atoms with Crippen LogP contribution >= 0.6 is 11.8 Å². The van der Waals surface area contributed by atoms with E-state index < -0.39 is 0 Å². The van der Waals surface area contributed by atoms with Crippen LogP contribution in [-0.4, -0.2) is 17.0 Å². The lowest BCUT2D eigenvalue weighted by Gasteiger charge is -2.20. The molecule has 0 spiro atoms. The van der Waals surface area contributed by atoms with Crippen molar-refractivity contribution in [2.75, 3.05) is 5.75 Å². The highest BCUT2D eigenvalue weighted by Crippen LogP contribution is 2.30. The topological polar surface area (TPSA) is 12.0 Å². The molecule has 0 radical (unpaired) electrons. The van der Waals surface area contributed by atoms with Gasteiger partial charge in [0.05, 0.1) is 0 Å². The lowest BCUT2D eigenvalue weighted by molar-refractivity contribution is 0.530. The summed E-state index contributed by atoms with van der Waals surface area (Å²) in [5.41, 5.74) is 2.25. The first-order valence-electron chi connectivity index (χ1n) is 6.80. The Balaban J connectivity index is 1.90. The zero-order valence-corrected chi connectivity index (χ0v) is 12.0. The fourth-order valence-corrected chi connectivity index (χ4v) is 3.90. The lowest BCUT2D eigenvalue weighted by atomic mass is 10.1. The molecule has 0 amide bonds. The molecule has 1 nitrogen and oxygen atoms in total. The SMILES string of the molecule is CCSC1CCCC1NCc1ccc(F)cc1C. The maximum Gasteiger partial charge on any atom is 0.123 e. The van der Waals surface area contributed by atoms with Crippen LogP contribution < -0.4 is 5.32 Å². The van der Waals surface area contributed by atoms with Crippen molar-refractivity contribution in [2.45, 2.75) is 50.9 Å². The molecule has 1 aromatic rings. The summed E-state index contributed by atoms with van der Waals surface area (Å²) in [5, 5.41) is 4.41. The average Bonchev–Trinajstić information content (AvgIpc) is 2.76. The number of hydrogen-bond acceptors (Lipinski definition) is 2. The van der Waals surface area contributed by atoms with Gasteiger partial charge in [-0.1, -0.05) is 19.4 Å². The maximum absolute atomic E-state index is 13.0. The molecule has 2 rings (SSSR count). The zero-order valence-electron chi connectivity index (χ0n) is 11.2. The first-order chi connectivity index (χ1) is 8.70. The molecule has 1 aliphatic carbocycles. The molecule has 0 bridgehead atoms. The first-order valence-corrected chi connectivity index (χ1v) is 7.85. The highest BCUT2D eigenvalue weighted by atomic mass is 32.2. The minimum absolute atomic E-state index is 0.142. The van der Waals surface area contributed by atoms with Crippen LogP contribution in [0, 0.1) is 12.7 Å². The van der Waals surface area contributed by atoms with Crippen LogP contribution in [0.5, 0.6) is 0 Å². The quantitative estimate of drug-likeness (QED) is 0.868. The third-order valence-electron chi connectivity index (χ3n) is 3.69. The van der Waals surface area contributed by atoms with Crippen molar-refractivity contribution < 1.29 is 4.39 Å². The minimum Gasteiger partial charge on any atom is -0.309 e. The van der Waals surface area contributed by atoms with Gasteiger partial charge in [0.25, 0.3) is 0 Å². The Labute approximate surface area is 114 Å². The van der Waals surface area contributed by atoms with Gasteiger partial charge in [0.15, 0.2) is 0 Å². The first kappa shape index (κ1) is 13.9. The van der Waals surface area contributed by atoms with E-state index in [9.17, 15) is 4.39 Å². The Kier molecular flexibility index (Phi) is 5.07. The van der Waals surface area contributed by atoms with E-state index in [-0.39, 0.29) is 5.82 Å². The molecule has 0 aromatic heterocycles. The Morgan fingerprint density at radius 3 is 2.94 bits per heavy atom. The Bertz CT molecular complexity index is 394. The zero-order chi connectivity index (χ0) is 13.0. The fourth-order valence-electron chi connectivity index (χ4n) is 2.67. The molecule has 0 heterocycles. The Morgan fingerprint density at radius 2 is 2.22 bits per heavy atom. The molecule has 1 N–H and O–H groups in total. The molecular weight excluding hydrogens is 245 g/mol. The molecular formula is C15H22FNS. The number of hydrogen-bond donors (Lipinski definition) is 1. The van der Waals surface area contributed by atoms with Crippen molar-refractivity contribution in [3.63, 3.8) is 0 Å². The summed E-state index contributed by atoms with van der Waals surface area (Å²) >= 11 is 2.07. The van der Waals surface area contributed by atoms with Crippen LogP contribution in [0.15, 0.2) is 18.2 Å². The van der Waals surface area contributed by atoms with Gasteiger partial charge in [-0.05, 0) is 48.8 Å². The van der Waals surface area contributed by atoms with Gasteiger partial charge in [-0.15, -0.1) is 0 Å². The number of nitrogens with one attached hydrogen (secondary N) is 1. The second kappa shape index (κ2) is 6.58. The van der Waals surface area contributed by atoms with Crippen LogP contribution in [0.1, 0.15) is 37.3 Å². The minimum atomic E-state index is -0.142. The van der Waals surface area contributed by atoms with Crippen molar-refractivity contribution in [3.05, 3.63) is 35.1 Å². The van der Waals surface area contributed by atoms with Crippen LogP contribution in [0.2, 0.25) is 0 Å². The number of benzene rings is 1.